The number of aromatic nitrogens is 1. The second-order valence-corrected chi connectivity index (χ2v) is 4.81. The summed E-state index contributed by atoms with van der Waals surface area (Å²) in [5.74, 6) is -0.0120. The molecule has 1 unspecified atom stereocenters. The molecule has 0 fully saturated rings. The lowest BCUT2D eigenvalue weighted by Gasteiger charge is -2.13. The Kier molecular flexibility index (Phi) is 6.14. The summed E-state index contributed by atoms with van der Waals surface area (Å²) >= 11 is 1.40. The second kappa shape index (κ2) is 7.63. The number of methoxy groups -OCH3 is 1. The molecule has 0 aromatic carbocycles. The fourth-order valence-electron chi connectivity index (χ4n) is 1.42. The summed E-state index contributed by atoms with van der Waals surface area (Å²) in [5, 5.41) is 11.3. The van der Waals surface area contributed by atoms with Gasteiger partial charge in [0, 0.05) is 30.2 Å². The van der Waals surface area contributed by atoms with Gasteiger partial charge in [-0.2, -0.15) is 11.8 Å². The molecule has 1 atom stereocenters. The predicted molar refractivity (Wildman–Crippen MR) is 72.2 cm³/mol. The Morgan fingerprint density at radius 2 is 2.32 bits per heavy atom. The van der Waals surface area contributed by atoms with Crippen LogP contribution in [0, 0.1) is 0 Å². The predicted octanol–water partition coefficient (Wildman–Crippen LogP) is 0.913. The Hall–Kier alpha value is -1.76. The van der Waals surface area contributed by atoms with Crippen LogP contribution in [-0.4, -0.2) is 40.9 Å². The topological polar surface area (TPSA) is 88.5 Å². The smallest absolute Gasteiger partial charge is 0.327 e. The van der Waals surface area contributed by atoms with Crippen LogP contribution < -0.4 is 10.1 Å². The monoisotopic (exact) mass is 284 g/mol. The van der Waals surface area contributed by atoms with E-state index in [1.54, 1.807) is 12.3 Å². The number of aliphatic carboxylic acids is 1. The highest BCUT2D eigenvalue weighted by molar-refractivity contribution is 7.98. The molecule has 0 saturated carbocycles. The van der Waals surface area contributed by atoms with Gasteiger partial charge >= 0.3 is 5.97 Å². The Morgan fingerprint density at radius 3 is 2.89 bits per heavy atom. The van der Waals surface area contributed by atoms with Gasteiger partial charge in [0.1, 0.15) is 6.04 Å². The molecule has 0 aliphatic heterocycles. The number of carboxylic acid groups (broad SMARTS) is 1. The van der Waals surface area contributed by atoms with Crippen LogP contribution in [0.2, 0.25) is 0 Å². The maximum Gasteiger partial charge on any atom is 0.327 e. The summed E-state index contributed by atoms with van der Waals surface area (Å²) in [6.07, 6.45) is 1.63. The maximum atomic E-state index is 10.9. The first kappa shape index (κ1) is 15.3. The lowest BCUT2D eigenvalue weighted by Crippen LogP contribution is -2.41. The number of pyridine rings is 1. The largest absolute Gasteiger partial charge is 0.481 e. The molecule has 19 heavy (non-hydrogen) atoms. The summed E-state index contributed by atoms with van der Waals surface area (Å²) in [7, 11) is 1.54. The Balaban J connectivity index is 2.52. The average Bonchev–Trinajstić information content (AvgIpc) is 2.37. The fourth-order valence-corrected chi connectivity index (χ4v) is 2.44. The summed E-state index contributed by atoms with van der Waals surface area (Å²) in [4.78, 5) is 25.9. The van der Waals surface area contributed by atoms with E-state index in [0.717, 1.165) is 5.56 Å². The van der Waals surface area contributed by atoms with Crippen molar-refractivity contribution < 1.29 is 19.4 Å². The van der Waals surface area contributed by atoms with Gasteiger partial charge < -0.3 is 15.2 Å². The summed E-state index contributed by atoms with van der Waals surface area (Å²) < 4.78 is 5.10. The zero-order chi connectivity index (χ0) is 14.3. The molecule has 7 heteroatoms. The summed E-state index contributed by atoms with van der Waals surface area (Å²) in [6, 6.07) is 2.78. The van der Waals surface area contributed by atoms with E-state index < -0.39 is 12.0 Å². The number of carbonyl (C=O) groups excluding carboxylic acids is 1. The number of hydrogen-bond donors (Lipinski definition) is 2. The first-order valence-corrected chi connectivity index (χ1v) is 6.75. The van der Waals surface area contributed by atoms with E-state index in [4.69, 9.17) is 9.84 Å². The number of nitrogens with zero attached hydrogens (tertiary/aromatic N) is 1. The molecule has 1 aromatic heterocycles. The van der Waals surface area contributed by atoms with E-state index >= 15 is 0 Å². The van der Waals surface area contributed by atoms with Crippen molar-refractivity contribution in [3.8, 4) is 5.88 Å². The highest BCUT2D eigenvalue weighted by Crippen LogP contribution is 2.20. The number of carbonyl (C=O) groups is 2. The molecule has 1 amide bonds. The van der Waals surface area contributed by atoms with Crippen molar-refractivity contribution >= 4 is 23.6 Å². The number of hydrogen-bond acceptors (Lipinski definition) is 5. The molecule has 2 N–H and O–H groups in total. The Labute approximate surface area is 115 Å². The molecular formula is C12H16N2O4S. The van der Waals surface area contributed by atoms with Gasteiger partial charge in [-0.15, -0.1) is 0 Å². The van der Waals surface area contributed by atoms with Crippen LogP contribution in [0.1, 0.15) is 12.5 Å². The lowest BCUT2D eigenvalue weighted by atomic mass is 10.3. The lowest BCUT2D eigenvalue weighted by molar-refractivity contribution is -0.140. The zero-order valence-corrected chi connectivity index (χ0v) is 11.6. The van der Waals surface area contributed by atoms with Crippen LogP contribution in [0.25, 0.3) is 0 Å². The highest BCUT2D eigenvalue weighted by Gasteiger charge is 2.18. The van der Waals surface area contributed by atoms with Gasteiger partial charge in [0.15, 0.2) is 0 Å². The molecule has 104 valence electrons. The van der Waals surface area contributed by atoms with Crippen molar-refractivity contribution in [3.05, 3.63) is 23.9 Å². The number of nitrogens with one attached hydrogen (secondary N) is 1. The third-order valence-corrected chi connectivity index (χ3v) is 3.35. The van der Waals surface area contributed by atoms with Crippen molar-refractivity contribution in [2.24, 2.45) is 0 Å². The van der Waals surface area contributed by atoms with Gasteiger partial charge in [-0.25, -0.2) is 9.78 Å². The third-order valence-electron chi connectivity index (χ3n) is 2.26. The molecule has 0 aliphatic rings. The van der Waals surface area contributed by atoms with Gasteiger partial charge in [0.2, 0.25) is 11.8 Å². The Bertz CT molecular complexity index is 453. The minimum Gasteiger partial charge on any atom is -0.481 e. The SMILES string of the molecule is COc1ncccc1CSCC(NC(C)=O)C(=O)O. The third kappa shape index (κ3) is 5.17. The molecule has 0 spiro atoms. The standard InChI is InChI=1S/C12H16N2O4S/c1-8(15)14-10(12(16)17)7-19-6-9-4-3-5-13-11(9)18-2/h3-5,10H,6-7H2,1-2H3,(H,14,15)(H,16,17). The number of ether oxygens (including phenoxy) is 1. The number of carboxylic acids is 1. The van der Waals surface area contributed by atoms with Crippen LogP contribution in [0.3, 0.4) is 0 Å². The van der Waals surface area contributed by atoms with Crippen molar-refractivity contribution in [2.45, 2.75) is 18.7 Å². The average molecular weight is 284 g/mol. The summed E-state index contributed by atoms with van der Waals surface area (Å²) in [6.45, 7) is 1.30. The van der Waals surface area contributed by atoms with Gasteiger partial charge in [-0.05, 0) is 6.07 Å². The van der Waals surface area contributed by atoms with Crippen LogP contribution >= 0.6 is 11.8 Å². The quantitative estimate of drug-likeness (QED) is 0.774. The fraction of sp³-hybridized carbons (Fsp3) is 0.417. The molecule has 0 radical (unpaired) electrons. The maximum absolute atomic E-state index is 10.9. The minimum absolute atomic E-state index is 0.285. The van der Waals surface area contributed by atoms with Crippen LogP contribution in [0.15, 0.2) is 18.3 Å². The van der Waals surface area contributed by atoms with Crippen LogP contribution in [0.5, 0.6) is 5.88 Å². The van der Waals surface area contributed by atoms with E-state index in [2.05, 4.69) is 10.3 Å². The first-order valence-electron chi connectivity index (χ1n) is 5.60. The van der Waals surface area contributed by atoms with Gasteiger partial charge in [0.25, 0.3) is 0 Å². The number of rotatable bonds is 7. The molecule has 0 saturated heterocycles. The van der Waals surface area contributed by atoms with Crippen molar-refractivity contribution in [2.75, 3.05) is 12.9 Å². The normalized spacial score (nSPS) is 11.7. The molecule has 0 bridgehead atoms. The number of amides is 1. The van der Waals surface area contributed by atoms with E-state index in [9.17, 15) is 9.59 Å². The molecule has 0 aliphatic carbocycles. The molecular weight excluding hydrogens is 268 g/mol. The molecule has 1 heterocycles. The van der Waals surface area contributed by atoms with Crippen LogP contribution in [0.4, 0.5) is 0 Å². The van der Waals surface area contributed by atoms with Crippen molar-refractivity contribution in [1.29, 1.82) is 0 Å². The summed E-state index contributed by atoms with van der Waals surface area (Å²) in [5.41, 5.74) is 0.891. The first-order chi connectivity index (χ1) is 9.04. The molecule has 1 aromatic rings. The van der Waals surface area contributed by atoms with E-state index in [1.165, 1.54) is 25.8 Å². The second-order valence-electron chi connectivity index (χ2n) is 3.78. The van der Waals surface area contributed by atoms with E-state index in [-0.39, 0.29) is 11.7 Å². The van der Waals surface area contributed by atoms with Gasteiger partial charge in [-0.3, -0.25) is 4.79 Å². The van der Waals surface area contributed by atoms with E-state index in [0.29, 0.717) is 11.6 Å². The van der Waals surface area contributed by atoms with Crippen molar-refractivity contribution in [1.82, 2.24) is 10.3 Å². The number of thioether (sulfide) groups is 1. The highest BCUT2D eigenvalue weighted by atomic mass is 32.2. The molecule has 6 nitrogen and oxygen atoms in total. The molecule has 1 rings (SSSR count). The zero-order valence-electron chi connectivity index (χ0n) is 10.8. The van der Waals surface area contributed by atoms with Gasteiger partial charge in [0.05, 0.1) is 7.11 Å². The van der Waals surface area contributed by atoms with E-state index in [1.807, 2.05) is 6.07 Å². The Morgan fingerprint density at radius 1 is 1.58 bits per heavy atom. The van der Waals surface area contributed by atoms with Gasteiger partial charge in [-0.1, -0.05) is 6.07 Å². The minimum atomic E-state index is -1.04. The van der Waals surface area contributed by atoms with Crippen molar-refractivity contribution in [3.63, 3.8) is 0 Å². The van der Waals surface area contributed by atoms with Crippen LogP contribution in [-0.2, 0) is 15.3 Å².